The lowest BCUT2D eigenvalue weighted by Crippen LogP contribution is -2.51. The number of rotatable bonds is 7. The van der Waals surface area contributed by atoms with E-state index in [-0.39, 0.29) is 5.92 Å². The van der Waals surface area contributed by atoms with E-state index in [1.165, 1.54) is 0 Å². The highest BCUT2D eigenvalue weighted by Crippen LogP contribution is 2.42. The van der Waals surface area contributed by atoms with Crippen LogP contribution >= 0.6 is 11.8 Å². The van der Waals surface area contributed by atoms with Gasteiger partial charge >= 0.3 is 0 Å². The van der Waals surface area contributed by atoms with Gasteiger partial charge in [-0.25, -0.2) is 0 Å². The van der Waals surface area contributed by atoms with Crippen LogP contribution in [-0.4, -0.2) is 31.0 Å². The Morgan fingerprint density at radius 1 is 1.29 bits per heavy atom. The summed E-state index contributed by atoms with van der Waals surface area (Å²) in [5.41, 5.74) is 10.1. The Kier molecular flexibility index (Phi) is 5.87. The third-order valence-electron chi connectivity index (χ3n) is 3.75. The lowest BCUT2D eigenvalue weighted by Gasteiger charge is -2.39. The Balaban J connectivity index is 2.94. The predicted molar refractivity (Wildman–Crippen MR) is 92.4 cm³/mol. The van der Waals surface area contributed by atoms with E-state index >= 15 is 0 Å². The summed E-state index contributed by atoms with van der Waals surface area (Å²) in [5, 5.41) is 1.12. The van der Waals surface area contributed by atoms with E-state index < -0.39 is 31.2 Å². The Hall–Kier alpha value is -1.01. The highest BCUT2D eigenvalue weighted by atomic mass is 32.2. The van der Waals surface area contributed by atoms with Crippen molar-refractivity contribution in [3.63, 3.8) is 0 Å². The van der Waals surface area contributed by atoms with Gasteiger partial charge in [-0.15, -0.1) is 0 Å². The molecule has 3 unspecified atom stereocenters. The summed E-state index contributed by atoms with van der Waals surface area (Å²) in [6.45, 7) is 8.90. The first-order valence-electron chi connectivity index (χ1n) is 7.14. The summed E-state index contributed by atoms with van der Waals surface area (Å²) in [6.07, 6.45) is 6.97. The third-order valence-corrected chi connectivity index (χ3v) is 8.77. The standard InChI is InChI=1S/C15H26N2O2SSi/c1-11(9-20-10-21(2,3)4)15(14(17)19)8-6-5-7-12(15)13(16)18/h5-8,11-12H,9-10H2,1-4H3,(H2,16,18)(H2,17,19). The molecule has 4 nitrogen and oxygen atoms in total. The van der Waals surface area contributed by atoms with Gasteiger partial charge in [0.1, 0.15) is 0 Å². The summed E-state index contributed by atoms with van der Waals surface area (Å²) < 4.78 is 0. The molecule has 2 amide bonds. The van der Waals surface area contributed by atoms with E-state index in [4.69, 9.17) is 11.5 Å². The molecule has 0 aromatic rings. The van der Waals surface area contributed by atoms with Crippen LogP contribution in [0.4, 0.5) is 0 Å². The summed E-state index contributed by atoms with van der Waals surface area (Å²) >= 11 is 1.84. The van der Waals surface area contributed by atoms with Crippen molar-refractivity contribution in [3.8, 4) is 0 Å². The topological polar surface area (TPSA) is 86.2 Å². The molecule has 0 fully saturated rings. The monoisotopic (exact) mass is 326 g/mol. The second-order valence-electron chi connectivity index (χ2n) is 6.90. The molecule has 3 atom stereocenters. The molecule has 1 aliphatic rings. The van der Waals surface area contributed by atoms with Gasteiger partial charge in [0.15, 0.2) is 0 Å². The Morgan fingerprint density at radius 3 is 2.38 bits per heavy atom. The van der Waals surface area contributed by atoms with Gasteiger partial charge in [-0.2, -0.15) is 11.8 Å². The SMILES string of the molecule is CC(CSC[Si](C)(C)C)C1(C(N)=O)C=CC=CC1C(N)=O. The quantitative estimate of drug-likeness (QED) is 0.701. The maximum atomic E-state index is 12.1. The van der Waals surface area contributed by atoms with Crippen LogP contribution in [0.2, 0.25) is 19.6 Å². The van der Waals surface area contributed by atoms with Crippen LogP contribution in [0.15, 0.2) is 24.3 Å². The lowest BCUT2D eigenvalue weighted by molar-refractivity contribution is -0.136. The largest absolute Gasteiger partial charge is 0.369 e. The second kappa shape index (κ2) is 6.83. The molecule has 1 rings (SSSR count). The fourth-order valence-electron chi connectivity index (χ4n) is 2.61. The number of allylic oxidation sites excluding steroid dienone is 2. The normalized spacial score (nSPS) is 26.6. The zero-order chi connectivity index (χ0) is 16.3. The fraction of sp³-hybridized carbons (Fsp3) is 0.600. The van der Waals surface area contributed by atoms with Crippen LogP contribution in [0.1, 0.15) is 6.92 Å². The first-order valence-corrected chi connectivity index (χ1v) is 12.0. The Labute approximate surface area is 132 Å². The maximum absolute atomic E-state index is 12.1. The van der Waals surface area contributed by atoms with Gasteiger partial charge in [-0.05, 0) is 17.0 Å². The average molecular weight is 327 g/mol. The Morgan fingerprint density at radius 2 is 1.90 bits per heavy atom. The predicted octanol–water partition coefficient (Wildman–Crippen LogP) is 1.93. The van der Waals surface area contributed by atoms with Gasteiger partial charge in [-0.3, -0.25) is 9.59 Å². The number of hydrogen-bond donors (Lipinski definition) is 2. The number of amides is 2. The van der Waals surface area contributed by atoms with Crippen molar-refractivity contribution >= 4 is 31.7 Å². The number of thioether (sulfide) groups is 1. The van der Waals surface area contributed by atoms with Crippen molar-refractivity contribution in [2.45, 2.75) is 26.6 Å². The van der Waals surface area contributed by atoms with Crippen LogP contribution in [0.25, 0.3) is 0 Å². The molecule has 0 spiro atoms. The summed E-state index contributed by atoms with van der Waals surface area (Å²) in [5.74, 6) is -0.906. The highest BCUT2D eigenvalue weighted by molar-refractivity contribution is 8.00. The van der Waals surface area contributed by atoms with Crippen molar-refractivity contribution in [1.29, 1.82) is 0 Å². The lowest BCUT2D eigenvalue weighted by atomic mass is 9.65. The van der Waals surface area contributed by atoms with Crippen LogP contribution in [-0.2, 0) is 9.59 Å². The molecule has 118 valence electrons. The van der Waals surface area contributed by atoms with E-state index in [1.54, 1.807) is 24.3 Å². The van der Waals surface area contributed by atoms with Gasteiger partial charge in [0.25, 0.3) is 0 Å². The van der Waals surface area contributed by atoms with Crippen molar-refractivity contribution < 1.29 is 9.59 Å². The molecule has 21 heavy (non-hydrogen) atoms. The number of hydrogen-bond acceptors (Lipinski definition) is 3. The minimum atomic E-state index is -1.14. The average Bonchev–Trinajstić information content (AvgIpc) is 2.36. The van der Waals surface area contributed by atoms with Crippen LogP contribution in [0, 0.1) is 17.3 Å². The molecule has 0 saturated carbocycles. The zero-order valence-corrected chi connectivity index (χ0v) is 15.1. The highest BCUT2D eigenvalue weighted by Gasteiger charge is 2.48. The molecule has 0 bridgehead atoms. The Bertz CT molecular complexity index is 471. The molecule has 0 aromatic heterocycles. The molecule has 4 N–H and O–H groups in total. The van der Waals surface area contributed by atoms with Gasteiger partial charge < -0.3 is 11.5 Å². The molecule has 1 aliphatic carbocycles. The van der Waals surface area contributed by atoms with Crippen molar-refractivity contribution in [1.82, 2.24) is 0 Å². The minimum Gasteiger partial charge on any atom is -0.369 e. The molecule has 0 aromatic carbocycles. The van der Waals surface area contributed by atoms with Gasteiger partial charge in [-0.1, -0.05) is 50.9 Å². The molecular formula is C15H26N2O2SSi. The third kappa shape index (κ3) is 4.23. The zero-order valence-electron chi connectivity index (χ0n) is 13.3. The van der Waals surface area contributed by atoms with Crippen LogP contribution in [0.3, 0.4) is 0 Å². The van der Waals surface area contributed by atoms with E-state index in [0.717, 1.165) is 11.1 Å². The summed E-state index contributed by atoms with van der Waals surface area (Å²) in [6, 6.07) is 0. The number of primary amides is 2. The van der Waals surface area contributed by atoms with E-state index in [9.17, 15) is 9.59 Å². The molecular weight excluding hydrogens is 300 g/mol. The molecule has 0 radical (unpaired) electrons. The van der Waals surface area contributed by atoms with Gasteiger partial charge in [0.05, 0.1) is 19.4 Å². The summed E-state index contributed by atoms with van der Waals surface area (Å²) in [7, 11) is -1.14. The van der Waals surface area contributed by atoms with Crippen molar-refractivity contribution in [2.75, 3.05) is 11.1 Å². The minimum absolute atomic E-state index is 0.0463. The number of nitrogens with two attached hydrogens (primary N) is 2. The first-order chi connectivity index (χ1) is 9.61. The van der Waals surface area contributed by atoms with E-state index in [1.807, 2.05) is 18.7 Å². The van der Waals surface area contributed by atoms with E-state index in [2.05, 4.69) is 19.6 Å². The van der Waals surface area contributed by atoms with Gasteiger partial charge in [0, 0.05) is 0 Å². The second-order valence-corrected chi connectivity index (χ2v) is 13.9. The fourth-order valence-corrected chi connectivity index (χ4v) is 6.16. The first kappa shape index (κ1) is 18.0. The van der Waals surface area contributed by atoms with E-state index in [0.29, 0.717) is 0 Å². The molecule has 0 heterocycles. The maximum Gasteiger partial charge on any atom is 0.228 e. The van der Waals surface area contributed by atoms with Crippen molar-refractivity contribution in [2.24, 2.45) is 28.7 Å². The van der Waals surface area contributed by atoms with Crippen molar-refractivity contribution in [3.05, 3.63) is 24.3 Å². The molecule has 0 saturated heterocycles. The van der Waals surface area contributed by atoms with Crippen LogP contribution in [0.5, 0.6) is 0 Å². The molecule has 6 heteroatoms. The molecule has 0 aliphatic heterocycles. The number of carbonyl (C=O) groups excluding carboxylic acids is 2. The van der Waals surface area contributed by atoms with Crippen LogP contribution < -0.4 is 11.5 Å². The number of carbonyl (C=O) groups is 2. The van der Waals surface area contributed by atoms with Gasteiger partial charge in [0.2, 0.25) is 11.8 Å². The smallest absolute Gasteiger partial charge is 0.228 e. The summed E-state index contributed by atoms with van der Waals surface area (Å²) in [4.78, 5) is 23.9.